The van der Waals surface area contributed by atoms with Gasteiger partial charge in [0, 0.05) is 23.7 Å². The first kappa shape index (κ1) is 13.5. The summed E-state index contributed by atoms with van der Waals surface area (Å²) in [6.07, 6.45) is 1.18. The Morgan fingerprint density at radius 1 is 1.06 bits per heavy atom. The molecule has 0 aliphatic carbocycles. The summed E-state index contributed by atoms with van der Waals surface area (Å²) in [5.74, 6) is 1.03. The largest absolute Gasteiger partial charge is 0.316 e. The molecule has 0 unspecified atom stereocenters. The minimum Gasteiger partial charge on any atom is -0.316 e. The van der Waals surface area contributed by atoms with Crippen molar-refractivity contribution in [1.29, 1.82) is 0 Å². The molecule has 16 heavy (non-hydrogen) atoms. The SMILES string of the molecule is CCCNCCSc1nc(C)c(C)c(C)n1. The third-order valence-corrected chi connectivity index (χ3v) is 3.40. The van der Waals surface area contributed by atoms with Gasteiger partial charge in [-0.05, 0) is 39.3 Å². The lowest BCUT2D eigenvalue weighted by molar-refractivity contribution is 0.707. The van der Waals surface area contributed by atoms with Gasteiger partial charge in [0.1, 0.15) is 0 Å². The Labute approximate surface area is 102 Å². The van der Waals surface area contributed by atoms with Gasteiger partial charge in [-0.15, -0.1) is 0 Å². The fourth-order valence-corrected chi connectivity index (χ4v) is 2.15. The molecule has 1 aromatic heterocycles. The molecule has 0 aliphatic heterocycles. The lowest BCUT2D eigenvalue weighted by atomic mass is 10.2. The smallest absolute Gasteiger partial charge is 0.188 e. The lowest BCUT2D eigenvalue weighted by Crippen LogP contribution is -2.17. The van der Waals surface area contributed by atoms with Gasteiger partial charge in [-0.3, -0.25) is 0 Å². The predicted octanol–water partition coefficient (Wildman–Crippen LogP) is 2.49. The Hall–Kier alpha value is -0.610. The Morgan fingerprint density at radius 2 is 1.69 bits per heavy atom. The average Bonchev–Trinajstić information content (AvgIpc) is 2.25. The van der Waals surface area contributed by atoms with Crippen LogP contribution in [0.2, 0.25) is 0 Å². The number of aromatic nitrogens is 2. The monoisotopic (exact) mass is 239 g/mol. The van der Waals surface area contributed by atoms with E-state index < -0.39 is 0 Å². The zero-order valence-electron chi connectivity index (χ0n) is 10.6. The molecular weight excluding hydrogens is 218 g/mol. The topological polar surface area (TPSA) is 37.8 Å². The Morgan fingerprint density at radius 3 is 2.25 bits per heavy atom. The minimum absolute atomic E-state index is 0.902. The second-order valence-corrected chi connectivity index (χ2v) is 4.96. The van der Waals surface area contributed by atoms with Crippen LogP contribution in [0.15, 0.2) is 5.16 Å². The summed E-state index contributed by atoms with van der Waals surface area (Å²) in [5, 5.41) is 4.27. The first-order valence-electron chi connectivity index (χ1n) is 5.80. The summed E-state index contributed by atoms with van der Waals surface area (Å²) in [5.41, 5.74) is 3.39. The van der Waals surface area contributed by atoms with Crippen molar-refractivity contribution in [3.63, 3.8) is 0 Å². The van der Waals surface area contributed by atoms with Gasteiger partial charge in [0.25, 0.3) is 0 Å². The normalized spacial score (nSPS) is 10.8. The Kier molecular flexibility index (Phi) is 5.77. The third-order valence-electron chi connectivity index (χ3n) is 2.55. The highest BCUT2D eigenvalue weighted by molar-refractivity contribution is 7.99. The van der Waals surface area contributed by atoms with Crippen LogP contribution in [0.3, 0.4) is 0 Å². The number of thioether (sulfide) groups is 1. The Balaban J connectivity index is 2.43. The van der Waals surface area contributed by atoms with E-state index >= 15 is 0 Å². The predicted molar refractivity (Wildman–Crippen MR) is 70.1 cm³/mol. The van der Waals surface area contributed by atoms with E-state index in [2.05, 4.69) is 29.1 Å². The van der Waals surface area contributed by atoms with Gasteiger partial charge < -0.3 is 5.32 Å². The number of nitrogens with one attached hydrogen (secondary N) is 1. The fourth-order valence-electron chi connectivity index (χ4n) is 1.32. The van der Waals surface area contributed by atoms with Crippen LogP contribution in [-0.4, -0.2) is 28.8 Å². The quantitative estimate of drug-likeness (QED) is 0.470. The van der Waals surface area contributed by atoms with Crippen molar-refractivity contribution in [2.75, 3.05) is 18.8 Å². The molecule has 0 bridgehead atoms. The molecule has 1 N–H and O–H groups in total. The van der Waals surface area contributed by atoms with Crippen molar-refractivity contribution in [1.82, 2.24) is 15.3 Å². The van der Waals surface area contributed by atoms with Crippen molar-refractivity contribution < 1.29 is 0 Å². The van der Waals surface area contributed by atoms with Gasteiger partial charge in [0.05, 0.1) is 0 Å². The van der Waals surface area contributed by atoms with Crippen LogP contribution < -0.4 is 5.32 Å². The van der Waals surface area contributed by atoms with Crippen LogP contribution >= 0.6 is 11.8 Å². The third kappa shape index (κ3) is 4.10. The second-order valence-electron chi connectivity index (χ2n) is 3.90. The van der Waals surface area contributed by atoms with Crippen molar-refractivity contribution in [2.24, 2.45) is 0 Å². The molecule has 0 radical (unpaired) electrons. The van der Waals surface area contributed by atoms with Crippen LogP contribution in [0.1, 0.15) is 30.3 Å². The molecule has 0 saturated carbocycles. The number of hydrogen-bond acceptors (Lipinski definition) is 4. The second kappa shape index (κ2) is 6.86. The average molecular weight is 239 g/mol. The minimum atomic E-state index is 0.902. The van der Waals surface area contributed by atoms with Gasteiger partial charge in [0.2, 0.25) is 0 Å². The highest BCUT2D eigenvalue weighted by Crippen LogP contribution is 2.16. The van der Waals surface area contributed by atoms with Crippen LogP contribution in [0.5, 0.6) is 0 Å². The van der Waals surface area contributed by atoms with E-state index in [4.69, 9.17) is 0 Å². The van der Waals surface area contributed by atoms with E-state index in [0.717, 1.165) is 35.4 Å². The van der Waals surface area contributed by atoms with E-state index in [-0.39, 0.29) is 0 Å². The van der Waals surface area contributed by atoms with Crippen LogP contribution in [0.25, 0.3) is 0 Å². The first-order valence-corrected chi connectivity index (χ1v) is 6.79. The van der Waals surface area contributed by atoms with Gasteiger partial charge in [-0.1, -0.05) is 18.7 Å². The summed E-state index contributed by atoms with van der Waals surface area (Å²) in [6, 6.07) is 0. The van der Waals surface area contributed by atoms with Crippen LogP contribution in [-0.2, 0) is 0 Å². The highest BCUT2D eigenvalue weighted by Gasteiger charge is 2.04. The standard InChI is InChI=1S/C12H21N3S/c1-5-6-13-7-8-16-12-14-10(3)9(2)11(4)15-12/h13H,5-8H2,1-4H3. The maximum Gasteiger partial charge on any atom is 0.188 e. The van der Waals surface area contributed by atoms with Gasteiger partial charge in [-0.2, -0.15) is 0 Å². The lowest BCUT2D eigenvalue weighted by Gasteiger charge is -2.06. The number of aryl methyl sites for hydroxylation is 2. The molecule has 0 spiro atoms. The zero-order chi connectivity index (χ0) is 12.0. The van der Waals surface area contributed by atoms with Crippen molar-refractivity contribution in [3.8, 4) is 0 Å². The molecule has 0 fully saturated rings. The van der Waals surface area contributed by atoms with Crippen molar-refractivity contribution in [2.45, 2.75) is 39.3 Å². The van der Waals surface area contributed by atoms with Crippen LogP contribution in [0.4, 0.5) is 0 Å². The first-order chi connectivity index (χ1) is 7.65. The zero-order valence-corrected chi connectivity index (χ0v) is 11.4. The fraction of sp³-hybridized carbons (Fsp3) is 0.667. The van der Waals surface area contributed by atoms with E-state index in [9.17, 15) is 0 Å². The summed E-state index contributed by atoms with van der Waals surface area (Å²) >= 11 is 1.72. The molecule has 1 rings (SSSR count). The molecule has 0 saturated heterocycles. The summed E-state index contributed by atoms with van der Waals surface area (Å²) in [4.78, 5) is 8.95. The Bertz CT molecular complexity index is 316. The summed E-state index contributed by atoms with van der Waals surface area (Å²) < 4.78 is 0. The molecule has 0 aromatic carbocycles. The molecule has 4 heteroatoms. The molecular formula is C12H21N3S. The number of hydrogen-bond donors (Lipinski definition) is 1. The molecule has 0 amide bonds. The summed E-state index contributed by atoms with van der Waals surface area (Å²) in [6.45, 7) is 10.5. The molecule has 1 heterocycles. The maximum absolute atomic E-state index is 4.48. The van der Waals surface area contributed by atoms with Gasteiger partial charge >= 0.3 is 0 Å². The maximum atomic E-state index is 4.48. The van der Waals surface area contributed by atoms with Crippen LogP contribution in [0, 0.1) is 20.8 Å². The van der Waals surface area contributed by atoms with Crippen molar-refractivity contribution >= 4 is 11.8 Å². The molecule has 1 aromatic rings. The molecule has 90 valence electrons. The van der Waals surface area contributed by atoms with E-state index in [1.54, 1.807) is 11.8 Å². The van der Waals surface area contributed by atoms with E-state index in [1.807, 2.05) is 13.8 Å². The number of nitrogens with zero attached hydrogens (tertiary/aromatic N) is 2. The van der Waals surface area contributed by atoms with Gasteiger partial charge in [-0.25, -0.2) is 9.97 Å². The van der Waals surface area contributed by atoms with Gasteiger partial charge in [0.15, 0.2) is 5.16 Å². The molecule has 0 atom stereocenters. The number of rotatable bonds is 6. The highest BCUT2D eigenvalue weighted by atomic mass is 32.2. The summed E-state index contributed by atoms with van der Waals surface area (Å²) in [7, 11) is 0. The van der Waals surface area contributed by atoms with E-state index in [0.29, 0.717) is 0 Å². The molecule has 3 nitrogen and oxygen atoms in total. The van der Waals surface area contributed by atoms with E-state index in [1.165, 1.54) is 12.0 Å². The molecule has 0 aliphatic rings. The van der Waals surface area contributed by atoms with Crippen molar-refractivity contribution in [3.05, 3.63) is 17.0 Å².